The third kappa shape index (κ3) is 6.52. The fourth-order valence-electron chi connectivity index (χ4n) is 2.70. The first kappa shape index (κ1) is 22.7. The lowest BCUT2D eigenvalue weighted by molar-refractivity contribution is -0.137. The summed E-state index contributed by atoms with van der Waals surface area (Å²) < 4.78 is 50.4. The van der Waals surface area contributed by atoms with Crippen molar-refractivity contribution >= 4 is 12.2 Å². The first-order valence-corrected chi connectivity index (χ1v) is 10.0. The van der Waals surface area contributed by atoms with E-state index in [1.54, 1.807) is 41.6 Å². The summed E-state index contributed by atoms with van der Waals surface area (Å²) in [6, 6.07) is 4.94. The molecule has 0 bridgehead atoms. The molecule has 0 amide bonds. The molecule has 4 aromatic rings. The van der Waals surface area contributed by atoms with Crippen LogP contribution in [0.5, 0.6) is 6.01 Å². The van der Waals surface area contributed by atoms with Gasteiger partial charge in [0.1, 0.15) is 18.6 Å². The normalized spacial score (nSPS) is 11.4. The molecule has 3 heterocycles. The van der Waals surface area contributed by atoms with Crippen LogP contribution in [0.2, 0.25) is 0 Å². The van der Waals surface area contributed by atoms with E-state index in [0.717, 1.165) is 12.1 Å². The number of aryl methyl sites for hydroxylation is 1. The number of ether oxygens (including phenoxy) is 1. The number of oxazole rings is 1. The second-order valence-electron chi connectivity index (χ2n) is 6.89. The summed E-state index contributed by atoms with van der Waals surface area (Å²) in [7, 11) is 0. The molecule has 34 heavy (non-hydrogen) atoms. The predicted octanol–water partition coefficient (Wildman–Crippen LogP) is 4.27. The Kier molecular flexibility index (Phi) is 6.98. The van der Waals surface area contributed by atoms with Crippen LogP contribution in [0.25, 0.3) is 12.2 Å². The maximum Gasteiger partial charge on any atom is 0.416 e. The van der Waals surface area contributed by atoms with Crippen molar-refractivity contribution < 1.29 is 22.3 Å². The van der Waals surface area contributed by atoms with Crippen LogP contribution in [0.4, 0.5) is 13.2 Å². The van der Waals surface area contributed by atoms with Gasteiger partial charge in [0.2, 0.25) is 5.89 Å². The van der Waals surface area contributed by atoms with E-state index in [-0.39, 0.29) is 18.5 Å². The number of hydrogen-bond donors (Lipinski definition) is 0. The van der Waals surface area contributed by atoms with E-state index in [1.807, 2.05) is 0 Å². The van der Waals surface area contributed by atoms with Crippen molar-refractivity contribution in [2.24, 2.45) is 0 Å². The van der Waals surface area contributed by atoms with Crippen molar-refractivity contribution in [1.29, 1.82) is 0 Å². The van der Waals surface area contributed by atoms with Crippen LogP contribution < -0.4 is 4.74 Å². The Morgan fingerprint density at radius 2 is 1.88 bits per heavy atom. The molecule has 0 radical (unpaired) electrons. The number of rotatable bonds is 7. The zero-order chi connectivity index (χ0) is 23.8. The highest BCUT2D eigenvalue weighted by atomic mass is 19.4. The van der Waals surface area contributed by atoms with E-state index in [0.29, 0.717) is 29.8 Å². The molecule has 0 saturated carbocycles. The maximum atomic E-state index is 12.6. The molecule has 0 saturated heterocycles. The number of nitrogens with zero attached hydrogens (tertiary/aromatic N) is 6. The van der Waals surface area contributed by atoms with Crippen LogP contribution in [0.3, 0.4) is 0 Å². The quantitative estimate of drug-likeness (QED) is 0.376. The number of benzene rings is 1. The Morgan fingerprint density at radius 1 is 1.09 bits per heavy atom. The highest BCUT2D eigenvalue weighted by molar-refractivity contribution is 5.66. The minimum atomic E-state index is -4.36. The third-order valence-corrected chi connectivity index (χ3v) is 4.37. The number of alkyl halides is 3. The Labute approximate surface area is 192 Å². The van der Waals surface area contributed by atoms with Crippen LogP contribution in [-0.2, 0) is 19.3 Å². The second kappa shape index (κ2) is 10.4. The molecule has 1 aromatic carbocycles. The van der Waals surface area contributed by atoms with Gasteiger partial charge in [-0.1, -0.05) is 29.2 Å². The lowest BCUT2D eigenvalue weighted by atomic mass is 10.1. The Hall–Kier alpha value is -4.46. The van der Waals surface area contributed by atoms with Gasteiger partial charge in [0.25, 0.3) is 0 Å². The van der Waals surface area contributed by atoms with Gasteiger partial charge in [0.05, 0.1) is 23.9 Å². The van der Waals surface area contributed by atoms with Crippen molar-refractivity contribution in [3.63, 3.8) is 0 Å². The molecule has 0 atom stereocenters. The smallest absolute Gasteiger partial charge is 0.416 e. The lowest BCUT2D eigenvalue weighted by Crippen LogP contribution is -2.03. The van der Waals surface area contributed by atoms with Crippen LogP contribution in [-0.4, -0.2) is 29.9 Å². The SMILES string of the molecule is FC(F)(F)c1ccc(/C=C/c2nc(COc3ncc(C#CCCn4ccnn4)cn3)co2)cc1. The fourth-order valence-corrected chi connectivity index (χ4v) is 2.70. The molecule has 0 fully saturated rings. The van der Waals surface area contributed by atoms with Crippen molar-refractivity contribution in [2.75, 3.05) is 0 Å². The molecule has 172 valence electrons. The van der Waals surface area contributed by atoms with E-state index in [4.69, 9.17) is 9.15 Å². The number of halogens is 3. The fraction of sp³-hybridized carbons (Fsp3) is 0.174. The van der Waals surface area contributed by atoms with Crippen LogP contribution >= 0.6 is 0 Å². The zero-order valence-electron chi connectivity index (χ0n) is 17.6. The molecule has 0 spiro atoms. The minimum Gasteiger partial charge on any atom is -0.457 e. The lowest BCUT2D eigenvalue weighted by Gasteiger charge is -2.05. The van der Waals surface area contributed by atoms with Gasteiger partial charge in [0.15, 0.2) is 0 Å². The van der Waals surface area contributed by atoms with Crippen LogP contribution in [0, 0.1) is 11.8 Å². The Balaban J connectivity index is 1.25. The van der Waals surface area contributed by atoms with Crippen molar-refractivity contribution in [1.82, 2.24) is 29.9 Å². The average Bonchev–Trinajstić information content (AvgIpc) is 3.52. The monoisotopic (exact) mass is 466 g/mol. The molecule has 0 aliphatic rings. The highest BCUT2D eigenvalue weighted by Gasteiger charge is 2.29. The summed E-state index contributed by atoms with van der Waals surface area (Å²) in [6.45, 7) is 0.731. The molecule has 11 heteroatoms. The molecule has 4 rings (SSSR count). The summed E-state index contributed by atoms with van der Waals surface area (Å²) in [6.07, 6.45) is 7.33. The summed E-state index contributed by atoms with van der Waals surface area (Å²) in [5.41, 5.74) is 1.04. The highest BCUT2D eigenvalue weighted by Crippen LogP contribution is 2.29. The summed E-state index contributed by atoms with van der Waals surface area (Å²) in [4.78, 5) is 12.5. The second-order valence-corrected chi connectivity index (χ2v) is 6.89. The van der Waals surface area contributed by atoms with Crippen LogP contribution in [0.1, 0.15) is 34.7 Å². The summed E-state index contributed by atoms with van der Waals surface area (Å²) in [5.74, 6) is 6.27. The molecular formula is C23H17F3N6O2. The van der Waals surface area contributed by atoms with Gasteiger partial charge in [-0.2, -0.15) is 13.2 Å². The molecule has 0 aliphatic carbocycles. The van der Waals surface area contributed by atoms with E-state index in [9.17, 15) is 13.2 Å². The van der Waals surface area contributed by atoms with Crippen LogP contribution in [0.15, 0.2) is 59.7 Å². The van der Waals surface area contributed by atoms with Gasteiger partial charge in [0, 0.05) is 31.1 Å². The largest absolute Gasteiger partial charge is 0.457 e. The van der Waals surface area contributed by atoms with Gasteiger partial charge in [-0.3, -0.25) is 4.68 Å². The Bertz CT molecular complexity index is 1290. The van der Waals surface area contributed by atoms with Crippen molar-refractivity contribution in [3.8, 4) is 17.9 Å². The van der Waals surface area contributed by atoms with E-state index < -0.39 is 11.7 Å². The van der Waals surface area contributed by atoms with Gasteiger partial charge in [-0.05, 0) is 23.8 Å². The van der Waals surface area contributed by atoms with E-state index in [1.165, 1.54) is 18.4 Å². The maximum absolute atomic E-state index is 12.6. The molecule has 3 aromatic heterocycles. The standard InChI is InChI=1S/C23H17F3N6O2/c24-23(25,26)19-7-4-17(5-8-19)6-9-21-30-20(15-33-21)16-34-22-27-13-18(14-28-22)3-1-2-11-32-12-10-29-31-32/h4-10,12-15H,2,11,16H2/b9-6+. The summed E-state index contributed by atoms with van der Waals surface area (Å²) in [5, 5.41) is 7.59. The first-order valence-electron chi connectivity index (χ1n) is 10.0. The van der Waals surface area contributed by atoms with Crippen molar-refractivity contribution in [3.05, 3.63) is 83.6 Å². The Morgan fingerprint density at radius 3 is 2.59 bits per heavy atom. The molecular weight excluding hydrogens is 449 g/mol. The summed E-state index contributed by atoms with van der Waals surface area (Å²) >= 11 is 0. The van der Waals surface area contributed by atoms with Gasteiger partial charge >= 0.3 is 12.2 Å². The molecule has 0 N–H and O–H groups in total. The topological polar surface area (TPSA) is 91.8 Å². The average molecular weight is 466 g/mol. The van der Waals surface area contributed by atoms with Gasteiger partial charge in [-0.15, -0.1) is 5.10 Å². The predicted molar refractivity (Wildman–Crippen MR) is 115 cm³/mol. The first-order chi connectivity index (χ1) is 16.5. The van der Waals surface area contributed by atoms with Gasteiger partial charge < -0.3 is 9.15 Å². The van der Waals surface area contributed by atoms with Gasteiger partial charge in [-0.25, -0.2) is 15.0 Å². The minimum absolute atomic E-state index is 0.0839. The molecule has 0 aliphatic heterocycles. The van der Waals surface area contributed by atoms with E-state index in [2.05, 4.69) is 37.1 Å². The molecule has 8 nitrogen and oxygen atoms in total. The van der Waals surface area contributed by atoms with E-state index >= 15 is 0 Å². The molecule has 0 unspecified atom stereocenters. The number of aromatic nitrogens is 6. The third-order valence-electron chi connectivity index (χ3n) is 4.37. The zero-order valence-corrected chi connectivity index (χ0v) is 17.6. The van der Waals surface area contributed by atoms with Crippen molar-refractivity contribution in [2.45, 2.75) is 25.7 Å². The number of hydrogen-bond acceptors (Lipinski definition) is 7.